The maximum absolute atomic E-state index is 10.7. The van der Waals surface area contributed by atoms with Crippen molar-refractivity contribution in [2.45, 2.75) is 25.7 Å². The Morgan fingerprint density at radius 3 is 3.14 bits per heavy atom. The fraction of sp³-hybridized carbons (Fsp3) is 0.900. The number of amides is 1. The van der Waals surface area contributed by atoms with Gasteiger partial charge in [0.1, 0.15) is 0 Å². The Labute approximate surface area is 85.4 Å². The summed E-state index contributed by atoms with van der Waals surface area (Å²) in [5.41, 5.74) is 0. The maximum atomic E-state index is 10.7. The molecule has 2 N–H and O–H groups in total. The van der Waals surface area contributed by atoms with Gasteiger partial charge in [-0.15, -0.1) is 0 Å². The summed E-state index contributed by atoms with van der Waals surface area (Å²) < 4.78 is 4.48. The van der Waals surface area contributed by atoms with Crippen LogP contribution >= 0.6 is 0 Å². The highest BCUT2D eigenvalue weighted by Crippen LogP contribution is 2.15. The van der Waals surface area contributed by atoms with Gasteiger partial charge in [-0.2, -0.15) is 0 Å². The van der Waals surface area contributed by atoms with Crippen molar-refractivity contribution in [3.63, 3.8) is 0 Å². The summed E-state index contributed by atoms with van der Waals surface area (Å²) in [6, 6.07) is 0. The van der Waals surface area contributed by atoms with E-state index in [9.17, 15) is 4.79 Å². The van der Waals surface area contributed by atoms with Gasteiger partial charge < -0.3 is 15.4 Å². The number of methoxy groups -OCH3 is 1. The van der Waals surface area contributed by atoms with Crippen LogP contribution in [0.1, 0.15) is 25.7 Å². The lowest BCUT2D eigenvalue weighted by molar-refractivity contribution is 0.170. The highest BCUT2D eigenvalue weighted by molar-refractivity contribution is 5.66. The van der Waals surface area contributed by atoms with E-state index >= 15 is 0 Å². The van der Waals surface area contributed by atoms with Gasteiger partial charge in [0.05, 0.1) is 7.11 Å². The molecule has 0 aromatic carbocycles. The molecule has 0 aromatic rings. The summed E-state index contributed by atoms with van der Waals surface area (Å²) in [4.78, 5) is 10.7. The molecule has 1 aliphatic rings. The van der Waals surface area contributed by atoms with Crippen LogP contribution in [0.3, 0.4) is 0 Å². The molecule has 0 bridgehead atoms. The van der Waals surface area contributed by atoms with Crippen molar-refractivity contribution in [1.29, 1.82) is 0 Å². The summed E-state index contributed by atoms with van der Waals surface area (Å²) >= 11 is 0. The van der Waals surface area contributed by atoms with E-state index < -0.39 is 0 Å². The van der Waals surface area contributed by atoms with Gasteiger partial charge in [0.25, 0.3) is 0 Å². The molecule has 0 aromatic heterocycles. The van der Waals surface area contributed by atoms with Crippen molar-refractivity contribution in [3.05, 3.63) is 0 Å². The van der Waals surface area contributed by atoms with E-state index in [0.717, 1.165) is 32.0 Å². The zero-order chi connectivity index (χ0) is 10.2. The van der Waals surface area contributed by atoms with Gasteiger partial charge in [0.15, 0.2) is 0 Å². The van der Waals surface area contributed by atoms with Crippen LogP contribution in [-0.4, -0.2) is 32.8 Å². The second-order valence-electron chi connectivity index (χ2n) is 3.77. The summed E-state index contributed by atoms with van der Waals surface area (Å²) in [5.74, 6) is 0.795. The summed E-state index contributed by atoms with van der Waals surface area (Å²) in [7, 11) is 1.39. The van der Waals surface area contributed by atoms with Crippen LogP contribution in [0.15, 0.2) is 0 Å². The zero-order valence-electron chi connectivity index (χ0n) is 8.84. The molecule has 1 saturated heterocycles. The number of hydrogen-bond donors (Lipinski definition) is 2. The van der Waals surface area contributed by atoms with Crippen molar-refractivity contribution in [2.24, 2.45) is 5.92 Å². The molecule has 1 unspecified atom stereocenters. The summed E-state index contributed by atoms with van der Waals surface area (Å²) in [6.45, 7) is 3.03. The average Bonchev–Trinajstić information content (AvgIpc) is 2.25. The first-order valence-electron chi connectivity index (χ1n) is 5.35. The molecule has 0 saturated carbocycles. The predicted octanol–water partition coefficient (Wildman–Crippen LogP) is 1.12. The molecule has 0 spiro atoms. The largest absolute Gasteiger partial charge is 0.453 e. The number of carbonyl (C=O) groups excluding carboxylic acids is 1. The highest BCUT2D eigenvalue weighted by atomic mass is 16.5. The smallest absolute Gasteiger partial charge is 0.406 e. The van der Waals surface area contributed by atoms with Gasteiger partial charge in [-0.3, -0.25) is 0 Å². The van der Waals surface area contributed by atoms with Crippen LogP contribution in [0.2, 0.25) is 0 Å². The fourth-order valence-electron chi connectivity index (χ4n) is 1.82. The Morgan fingerprint density at radius 2 is 2.50 bits per heavy atom. The summed E-state index contributed by atoms with van der Waals surface area (Å²) in [6.07, 6.45) is 4.52. The number of carbonyl (C=O) groups is 1. The molecule has 14 heavy (non-hydrogen) atoms. The third-order valence-electron chi connectivity index (χ3n) is 2.64. The Balaban J connectivity index is 1.94. The Kier molecular flexibility index (Phi) is 5.37. The number of alkyl carbamates (subject to hydrolysis) is 1. The second-order valence-corrected chi connectivity index (χ2v) is 3.77. The Morgan fingerprint density at radius 1 is 1.64 bits per heavy atom. The molecular formula is C10H20N2O2. The number of nitrogens with one attached hydrogen (secondary N) is 2. The van der Waals surface area contributed by atoms with Gasteiger partial charge in [0, 0.05) is 6.54 Å². The van der Waals surface area contributed by atoms with E-state index in [-0.39, 0.29) is 6.09 Å². The van der Waals surface area contributed by atoms with Crippen LogP contribution < -0.4 is 10.6 Å². The molecule has 1 aliphatic heterocycles. The van der Waals surface area contributed by atoms with E-state index in [4.69, 9.17) is 0 Å². The zero-order valence-corrected chi connectivity index (χ0v) is 8.84. The molecule has 4 nitrogen and oxygen atoms in total. The van der Waals surface area contributed by atoms with Crippen molar-refractivity contribution < 1.29 is 9.53 Å². The minimum atomic E-state index is -0.327. The van der Waals surface area contributed by atoms with Gasteiger partial charge in [-0.05, 0) is 44.7 Å². The van der Waals surface area contributed by atoms with Gasteiger partial charge in [-0.25, -0.2) is 4.79 Å². The van der Waals surface area contributed by atoms with E-state index in [1.54, 1.807) is 0 Å². The quantitative estimate of drug-likeness (QED) is 0.669. The standard InChI is InChI=1S/C10H20N2O2/c1-14-10(13)12-7-3-5-9-4-2-6-11-8-9/h9,11H,2-8H2,1H3,(H,12,13). The molecule has 1 fully saturated rings. The van der Waals surface area contributed by atoms with Crippen molar-refractivity contribution in [3.8, 4) is 0 Å². The van der Waals surface area contributed by atoms with Crippen LogP contribution in [0.4, 0.5) is 4.79 Å². The minimum absolute atomic E-state index is 0.327. The van der Waals surface area contributed by atoms with Crippen molar-refractivity contribution in [2.75, 3.05) is 26.7 Å². The van der Waals surface area contributed by atoms with Gasteiger partial charge >= 0.3 is 6.09 Å². The fourth-order valence-corrected chi connectivity index (χ4v) is 1.82. The summed E-state index contributed by atoms with van der Waals surface area (Å²) in [5, 5.41) is 6.07. The average molecular weight is 200 g/mol. The normalized spacial score (nSPS) is 21.6. The third kappa shape index (κ3) is 4.46. The Bertz CT molecular complexity index is 168. The van der Waals surface area contributed by atoms with E-state index in [1.807, 2.05) is 0 Å². The number of rotatable bonds is 4. The predicted molar refractivity (Wildman–Crippen MR) is 55.2 cm³/mol. The highest BCUT2D eigenvalue weighted by Gasteiger charge is 2.11. The first-order chi connectivity index (χ1) is 6.83. The first kappa shape index (κ1) is 11.3. The molecule has 1 rings (SSSR count). The maximum Gasteiger partial charge on any atom is 0.406 e. The molecule has 1 amide bonds. The molecule has 1 atom stereocenters. The molecule has 1 heterocycles. The van der Waals surface area contributed by atoms with Crippen LogP contribution in [0, 0.1) is 5.92 Å². The number of ether oxygens (including phenoxy) is 1. The monoisotopic (exact) mass is 200 g/mol. The second kappa shape index (κ2) is 6.65. The lowest BCUT2D eigenvalue weighted by Crippen LogP contribution is -2.30. The molecule has 82 valence electrons. The lowest BCUT2D eigenvalue weighted by atomic mass is 9.95. The third-order valence-corrected chi connectivity index (χ3v) is 2.64. The van der Waals surface area contributed by atoms with Crippen molar-refractivity contribution in [1.82, 2.24) is 10.6 Å². The first-order valence-corrected chi connectivity index (χ1v) is 5.35. The SMILES string of the molecule is COC(=O)NCCCC1CCCNC1. The van der Waals surface area contributed by atoms with Crippen LogP contribution in [0.5, 0.6) is 0 Å². The molecular weight excluding hydrogens is 180 g/mol. The van der Waals surface area contributed by atoms with Crippen molar-refractivity contribution >= 4 is 6.09 Å². The van der Waals surface area contributed by atoms with Gasteiger partial charge in [-0.1, -0.05) is 0 Å². The number of hydrogen-bond acceptors (Lipinski definition) is 3. The van der Waals surface area contributed by atoms with Crippen LogP contribution in [0.25, 0.3) is 0 Å². The lowest BCUT2D eigenvalue weighted by Gasteiger charge is -2.22. The molecule has 0 aliphatic carbocycles. The minimum Gasteiger partial charge on any atom is -0.453 e. The number of piperidine rings is 1. The molecule has 0 radical (unpaired) electrons. The van der Waals surface area contributed by atoms with Gasteiger partial charge in [0.2, 0.25) is 0 Å². The van der Waals surface area contributed by atoms with E-state index in [0.29, 0.717) is 0 Å². The van der Waals surface area contributed by atoms with E-state index in [2.05, 4.69) is 15.4 Å². The molecule has 4 heteroatoms. The van der Waals surface area contributed by atoms with Crippen LogP contribution in [-0.2, 0) is 4.74 Å². The van der Waals surface area contributed by atoms with E-state index in [1.165, 1.54) is 26.4 Å². The Hall–Kier alpha value is -0.770. The topological polar surface area (TPSA) is 50.4 Å².